The van der Waals surface area contributed by atoms with Crippen molar-refractivity contribution in [3.05, 3.63) is 42.5 Å². The molecule has 0 saturated heterocycles. The summed E-state index contributed by atoms with van der Waals surface area (Å²) >= 11 is 0. The Labute approximate surface area is 164 Å². The van der Waals surface area contributed by atoms with Crippen molar-refractivity contribution in [3.8, 4) is 5.88 Å². The lowest BCUT2D eigenvalue weighted by Gasteiger charge is -2.27. The van der Waals surface area contributed by atoms with Gasteiger partial charge in [0.2, 0.25) is 5.88 Å². The first-order valence-corrected chi connectivity index (χ1v) is 8.81. The second-order valence-corrected chi connectivity index (χ2v) is 7.14. The van der Waals surface area contributed by atoms with Crippen molar-refractivity contribution in [1.29, 1.82) is 0 Å². The molecule has 0 bridgehead atoms. The van der Waals surface area contributed by atoms with E-state index < -0.39 is 23.6 Å². The van der Waals surface area contributed by atoms with Gasteiger partial charge in [-0.15, -0.1) is 0 Å². The molecule has 1 unspecified atom stereocenters. The predicted octanol–water partition coefficient (Wildman–Crippen LogP) is 3.25. The van der Waals surface area contributed by atoms with Crippen molar-refractivity contribution in [3.63, 3.8) is 0 Å². The molecule has 0 aliphatic carbocycles. The summed E-state index contributed by atoms with van der Waals surface area (Å²) in [6, 6.07) is 11.2. The van der Waals surface area contributed by atoms with E-state index in [1.54, 1.807) is 64.1 Å². The number of rotatable bonds is 5. The molecule has 1 aromatic carbocycles. The Hall–Kier alpha value is -3.29. The third-order valence-electron chi connectivity index (χ3n) is 3.64. The number of nitrogens with one attached hydrogen (secondary N) is 1. The number of nitrogens with two attached hydrogens (primary N) is 1. The number of anilines is 3. The van der Waals surface area contributed by atoms with E-state index in [4.69, 9.17) is 15.2 Å². The summed E-state index contributed by atoms with van der Waals surface area (Å²) in [7, 11) is 1.48. The van der Waals surface area contributed by atoms with Gasteiger partial charge in [-0.25, -0.2) is 4.79 Å². The molecular formula is C20H26N4O4. The second-order valence-electron chi connectivity index (χ2n) is 7.14. The van der Waals surface area contributed by atoms with E-state index in [1.165, 1.54) is 12.0 Å². The van der Waals surface area contributed by atoms with Gasteiger partial charge in [-0.2, -0.15) is 4.98 Å². The molecule has 1 heterocycles. The van der Waals surface area contributed by atoms with E-state index in [2.05, 4.69) is 10.3 Å². The van der Waals surface area contributed by atoms with E-state index in [1.807, 2.05) is 6.07 Å². The number of methoxy groups -OCH3 is 1. The van der Waals surface area contributed by atoms with Gasteiger partial charge in [0.15, 0.2) is 5.82 Å². The zero-order chi connectivity index (χ0) is 20.9. The Kier molecular flexibility index (Phi) is 6.45. The molecule has 0 aliphatic rings. The molecule has 0 fully saturated rings. The van der Waals surface area contributed by atoms with Crippen molar-refractivity contribution >= 4 is 29.2 Å². The molecule has 2 aromatic rings. The molecule has 28 heavy (non-hydrogen) atoms. The molecule has 1 atom stereocenters. The number of hydrogen-bond donors (Lipinski definition) is 2. The first kappa shape index (κ1) is 21.0. The third-order valence-corrected chi connectivity index (χ3v) is 3.64. The fourth-order valence-corrected chi connectivity index (χ4v) is 2.41. The standard InChI is InChI=1S/C20H26N4O4/c1-13(22-19(26)28-20(2,3)4)18(25)24(14-9-7-6-8-10-14)17-15(21)11-12-16(23-17)27-5/h6-13H,21H2,1-5H3,(H,22,26). The van der Waals surface area contributed by atoms with Crippen LogP contribution in [-0.2, 0) is 9.53 Å². The molecular weight excluding hydrogens is 360 g/mol. The smallest absolute Gasteiger partial charge is 0.408 e. The average molecular weight is 386 g/mol. The summed E-state index contributed by atoms with van der Waals surface area (Å²) in [5.41, 5.74) is 6.25. The SMILES string of the molecule is COc1ccc(N)c(N(C(=O)C(C)NC(=O)OC(C)(C)C)c2ccccc2)n1. The average Bonchev–Trinajstić information content (AvgIpc) is 2.62. The number of hydrogen-bond acceptors (Lipinski definition) is 6. The minimum Gasteiger partial charge on any atom is -0.481 e. The van der Waals surface area contributed by atoms with Crippen LogP contribution < -0.4 is 20.7 Å². The van der Waals surface area contributed by atoms with Crippen LogP contribution in [-0.4, -0.2) is 35.7 Å². The highest BCUT2D eigenvalue weighted by Gasteiger charge is 2.29. The number of nitrogen functional groups attached to an aromatic ring is 1. The van der Waals surface area contributed by atoms with Gasteiger partial charge in [-0.3, -0.25) is 9.69 Å². The number of benzene rings is 1. The summed E-state index contributed by atoms with van der Waals surface area (Å²) in [5.74, 6) is 0.101. The first-order valence-electron chi connectivity index (χ1n) is 8.81. The van der Waals surface area contributed by atoms with Gasteiger partial charge in [-0.05, 0) is 45.9 Å². The number of aromatic nitrogens is 1. The summed E-state index contributed by atoms with van der Waals surface area (Å²) in [4.78, 5) is 31.0. The topological polar surface area (TPSA) is 107 Å². The van der Waals surface area contributed by atoms with E-state index in [0.29, 0.717) is 17.3 Å². The number of carbonyl (C=O) groups excluding carboxylic acids is 2. The molecule has 8 heteroatoms. The summed E-state index contributed by atoms with van der Waals surface area (Å²) < 4.78 is 10.4. The van der Waals surface area contributed by atoms with E-state index in [0.717, 1.165) is 0 Å². The van der Waals surface area contributed by atoms with Crippen molar-refractivity contribution in [1.82, 2.24) is 10.3 Å². The minimum absolute atomic E-state index is 0.216. The van der Waals surface area contributed by atoms with E-state index >= 15 is 0 Å². The Morgan fingerprint density at radius 1 is 1.14 bits per heavy atom. The monoisotopic (exact) mass is 386 g/mol. The Balaban J connectivity index is 2.38. The lowest BCUT2D eigenvalue weighted by Crippen LogP contribution is -2.47. The highest BCUT2D eigenvalue weighted by atomic mass is 16.6. The predicted molar refractivity (Wildman–Crippen MR) is 108 cm³/mol. The molecule has 3 N–H and O–H groups in total. The maximum absolute atomic E-state index is 13.2. The number of nitrogens with zero attached hydrogens (tertiary/aromatic N) is 2. The minimum atomic E-state index is -0.887. The van der Waals surface area contributed by atoms with Crippen LogP contribution >= 0.6 is 0 Å². The maximum atomic E-state index is 13.2. The van der Waals surface area contributed by atoms with Gasteiger partial charge in [0, 0.05) is 6.07 Å². The molecule has 0 saturated carbocycles. The van der Waals surface area contributed by atoms with Crippen LogP contribution in [0.25, 0.3) is 0 Å². The molecule has 0 radical (unpaired) electrons. The highest BCUT2D eigenvalue weighted by Crippen LogP contribution is 2.31. The van der Waals surface area contributed by atoms with Crippen LogP contribution in [0.1, 0.15) is 27.7 Å². The van der Waals surface area contributed by atoms with E-state index in [9.17, 15) is 9.59 Å². The van der Waals surface area contributed by atoms with Gasteiger partial charge in [0.05, 0.1) is 18.5 Å². The lowest BCUT2D eigenvalue weighted by molar-refractivity contribution is -0.119. The van der Waals surface area contributed by atoms with Gasteiger partial charge >= 0.3 is 6.09 Å². The Morgan fingerprint density at radius 2 is 1.79 bits per heavy atom. The Morgan fingerprint density at radius 3 is 2.36 bits per heavy atom. The van der Waals surface area contributed by atoms with Crippen LogP contribution in [0.2, 0.25) is 0 Å². The van der Waals surface area contributed by atoms with Crippen LogP contribution in [0.15, 0.2) is 42.5 Å². The zero-order valence-corrected chi connectivity index (χ0v) is 16.7. The van der Waals surface area contributed by atoms with Crippen LogP contribution in [0.3, 0.4) is 0 Å². The lowest BCUT2D eigenvalue weighted by atomic mass is 10.2. The van der Waals surface area contributed by atoms with Crippen molar-refractivity contribution < 1.29 is 19.1 Å². The van der Waals surface area contributed by atoms with Gasteiger partial charge < -0.3 is 20.5 Å². The molecule has 0 aliphatic heterocycles. The largest absolute Gasteiger partial charge is 0.481 e. The molecule has 150 valence electrons. The van der Waals surface area contributed by atoms with Gasteiger partial charge in [0.25, 0.3) is 5.91 Å². The Bertz CT molecular complexity index is 834. The second kappa shape index (κ2) is 8.60. The summed E-state index contributed by atoms with van der Waals surface area (Å²) in [6.45, 7) is 6.81. The number of pyridine rings is 1. The normalized spacial score (nSPS) is 12.0. The third kappa shape index (κ3) is 5.35. The highest BCUT2D eigenvalue weighted by molar-refractivity contribution is 6.05. The van der Waals surface area contributed by atoms with Crippen molar-refractivity contribution in [2.45, 2.75) is 39.3 Å². The maximum Gasteiger partial charge on any atom is 0.408 e. The molecule has 0 spiro atoms. The number of amides is 2. The number of carbonyl (C=O) groups is 2. The molecule has 8 nitrogen and oxygen atoms in total. The van der Waals surface area contributed by atoms with Crippen LogP contribution in [0.4, 0.5) is 22.0 Å². The molecule has 2 rings (SSSR count). The fraction of sp³-hybridized carbons (Fsp3) is 0.350. The van der Waals surface area contributed by atoms with Crippen molar-refractivity contribution in [2.75, 3.05) is 17.7 Å². The zero-order valence-electron chi connectivity index (χ0n) is 16.7. The summed E-state index contributed by atoms with van der Waals surface area (Å²) in [5, 5.41) is 2.55. The van der Waals surface area contributed by atoms with Gasteiger partial charge in [-0.1, -0.05) is 18.2 Å². The number of ether oxygens (including phenoxy) is 2. The molecule has 1 aromatic heterocycles. The fourth-order valence-electron chi connectivity index (χ4n) is 2.41. The number of para-hydroxylation sites is 1. The van der Waals surface area contributed by atoms with Gasteiger partial charge in [0.1, 0.15) is 11.6 Å². The van der Waals surface area contributed by atoms with Crippen molar-refractivity contribution in [2.24, 2.45) is 0 Å². The number of alkyl carbamates (subject to hydrolysis) is 1. The van der Waals surface area contributed by atoms with Crippen LogP contribution in [0, 0.1) is 0 Å². The quantitative estimate of drug-likeness (QED) is 0.817. The van der Waals surface area contributed by atoms with E-state index in [-0.39, 0.29) is 5.82 Å². The first-order chi connectivity index (χ1) is 13.1. The van der Waals surface area contributed by atoms with Crippen LogP contribution in [0.5, 0.6) is 5.88 Å². The summed E-state index contributed by atoms with van der Waals surface area (Å²) in [6.07, 6.45) is -0.687. The molecule has 2 amide bonds.